The summed E-state index contributed by atoms with van der Waals surface area (Å²) in [6, 6.07) is 1.58. The Bertz CT molecular complexity index is 374. The first-order valence-electron chi connectivity index (χ1n) is 5.14. The highest BCUT2D eigenvalue weighted by Crippen LogP contribution is 2.02. The van der Waals surface area contributed by atoms with Crippen molar-refractivity contribution in [2.45, 2.75) is 25.5 Å². The molecule has 1 rings (SSSR count). The number of aryl methyl sites for hydroxylation is 1. The molecule has 0 saturated carbocycles. The van der Waals surface area contributed by atoms with Gasteiger partial charge in [-0.1, -0.05) is 0 Å². The van der Waals surface area contributed by atoms with Gasteiger partial charge < -0.3 is 15.6 Å². The zero-order valence-corrected chi connectivity index (χ0v) is 9.30. The highest BCUT2D eigenvalue weighted by Gasteiger charge is 2.05. The third-order valence-corrected chi connectivity index (χ3v) is 2.36. The molecule has 0 aliphatic heterocycles. The van der Waals surface area contributed by atoms with Crippen LogP contribution in [0.4, 0.5) is 5.82 Å². The number of nitrogens with two attached hydrogens (primary N) is 1. The Kier molecular flexibility index (Phi) is 4.94. The van der Waals surface area contributed by atoms with Crippen LogP contribution in [0.5, 0.6) is 0 Å². The molecule has 0 saturated heterocycles. The molecule has 16 heavy (non-hydrogen) atoms. The molecule has 1 atom stereocenters. The van der Waals surface area contributed by atoms with Crippen LogP contribution < -0.4 is 11.4 Å². The van der Waals surface area contributed by atoms with Crippen molar-refractivity contribution in [3.8, 4) is 0 Å². The standard InChI is InChI=1S/C10H17N3O3/c1-16-8(7-14)3-2-5-13-6-4-9(11)12-10(13)15/h4,6,8,14H,2-3,5,7H2,1H3,(H2,11,12,15). The number of methoxy groups -OCH3 is 1. The van der Waals surface area contributed by atoms with E-state index < -0.39 is 0 Å². The van der Waals surface area contributed by atoms with Crippen LogP contribution in [-0.2, 0) is 11.3 Å². The van der Waals surface area contributed by atoms with E-state index in [-0.39, 0.29) is 24.2 Å². The van der Waals surface area contributed by atoms with E-state index in [2.05, 4.69) is 4.98 Å². The average molecular weight is 227 g/mol. The summed E-state index contributed by atoms with van der Waals surface area (Å²) in [6.07, 6.45) is 2.89. The number of aliphatic hydroxyl groups excluding tert-OH is 1. The van der Waals surface area contributed by atoms with Gasteiger partial charge in [0, 0.05) is 19.9 Å². The Morgan fingerprint density at radius 1 is 1.69 bits per heavy atom. The van der Waals surface area contributed by atoms with Crippen molar-refractivity contribution < 1.29 is 9.84 Å². The van der Waals surface area contributed by atoms with Crippen LogP contribution in [0.3, 0.4) is 0 Å². The smallest absolute Gasteiger partial charge is 0.349 e. The van der Waals surface area contributed by atoms with Crippen LogP contribution >= 0.6 is 0 Å². The summed E-state index contributed by atoms with van der Waals surface area (Å²) in [5.41, 5.74) is 5.02. The fraction of sp³-hybridized carbons (Fsp3) is 0.600. The molecule has 0 bridgehead atoms. The fourth-order valence-corrected chi connectivity index (χ4v) is 1.39. The minimum absolute atomic E-state index is 0.00854. The number of hydrogen-bond acceptors (Lipinski definition) is 5. The highest BCUT2D eigenvalue weighted by atomic mass is 16.5. The third-order valence-electron chi connectivity index (χ3n) is 2.36. The van der Waals surface area contributed by atoms with E-state index in [1.807, 2.05) is 0 Å². The second kappa shape index (κ2) is 6.24. The lowest BCUT2D eigenvalue weighted by atomic mass is 10.2. The molecule has 1 unspecified atom stereocenters. The van der Waals surface area contributed by atoms with Gasteiger partial charge in [-0.25, -0.2) is 4.79 Å². The fourth-order valence-electron chi connectivity index (χ4n) is 1.39. The van der Waals surface area contributed by atoms with Crippen molar-refractivity contribution >= 4 is 5.82 Å². The van der Waals surface area contributed by atoms with Crippen LogP contribution in [0.25, 0.3) is 0 Å². The molecule has 1 aromatic rings. The number of ether oxygens (including phenoxy) is 1. The number of nitrogens with zero attached hydrogens (tertiary/aromatic N) is 2. The minimum Gasteiger partial charge on any atom is -0.394 e. The lowest BCUT2D eigenvalue weighted by Crippen LogP contribution is -2.24. The first-order valence-corrected chi connectivity index (χ1v) is 5.14. The highest BCUT2D eigenvalue weighted by molar-refractivity contribution is 5.23. The molecule has 6 heteroatoms. The van der Waals surface area contributed by atoms with Gasteiger partial charge >= 0.3 is 5.69 Å². The summed E-state index contributed by atoms with van der Waals surface area (Å²) in [5, 5.41) is 8.89. The van der Waals surface area contributed by atoms with Gasteiger partial charge in [0.05, 0.1) is 12.7 Å². The maximum atomic E-state index is 11.3. The SMILES string of the molecule is COC(CO)CCCn1ccc(N)nc1=O. The molecule has 0 radical (unpaired) electrons. The maximum Gasteiger partial charge on any atom is 0.349 e. The third kappa shape index (κ3) is 3.63. The van der Waals surface area contributed by atoms with Crippen molar-refractivity contribution in [1.29, 1.82) is 0 Å². The number of anilines is 1. The molecular formula is C10H17N3O3. The van der Waals surface area contributed by atoms with Crippen molar-refractivity contribution in [3.63, 3.8) is 0 Å². The van der Waals surface area contributed by atoms with Gasteiger partial charge in [0.15, 0.2) is 0 Å². The molecule has 6 nitrogen and oxygen atoms in total. The quantitative estimate of drug-likeness (QED) is 0.691. The minimum atomic E-state index is -0.349. The Hall–Kier alpha value is -1.40. The molecule has 90 valence electrons. The molecule has 1 aromatic heterocycles. The van der Waals surface area contributed by atoms with Gasteiger partial charge in [0.25, 0.3) is 0 Å². The summed E-state index contributed by atoms with van der Waals surface area (Å²) in [5.74, 6) is 0.228. The van der Waals surface area contributed by atoms with Crippen LogP contribution in [0.2, 0.25) is 0 Å². The summed E-state index contributed by atoms with van der Waals surface area (Å²) in [6.45, 7) is 0.539. The first kappa shape index (κ1) is 12.7. The second-order valence-corrected chi connectivity index (χ2v) is 3.51. The molecule has 1 heterocycles. The number of nitrogen functional groups attached to an aromatic ring is 1. The molecule has 0 amide bonds. The van der Waals surface area contributed by atoms with Crippen molar-refractivity contribution in [2.24, 2.45) is 0 Å². The number of rotatable bonds is 6. The lowest BCUT2D eigenvalue weighted by molar-refractivity contribution is 0.0411. The lowest BCUT2D eigenvalue weighted by Gasteiger charge is -2.12. The second-order valence-electron chi connectivity index (χ2n) is 3.51. The van der Waals surface area contributed by atoms with Gasteiger partial charge in [-0.3, -0.25) is 4.57 Å². The molecule has 0 aromatic carbocycles. The van der Waals surface area contributed by atoms with Gasteiger partial charge in [-0.05, 0) is 18.9 Å². The largest absolute Gasteiger partial charge is 0.394 e. The van der Waals surface area contributed by atoms with E-state index >= 15 is 0 Å². The van der Waals surface area contributed by atoms with Crippen molar-refractivity contribution in [2.75, 3.05) is 19.5 Å². The molecule has 0 spiro atoms. The Morgan fingerprint density at radius 2 is 2.44 bits per heavy atom. The van der Waals surface area contributed by atoms with E-state index in [0.29, 0.717) is 13.0 Å². The number of hydrogen-bond donors (Lipinski definition) is 2. The van der Waals surface area contributed by atoms with E-state index in [0.717, 1.165) is 6.42 Å². The number of aliphatic hydroxyl groups is 1. The van der Waals surface area contributed by atoms with Crippen LogP contribution in [0.1, 0.15) is 12.8 Å². The Morgan fingerprint density at radius 3 is 3.00 bits per heavy atom. The molecule has 0 fully saturated rings. The predicted octanol–water partition coefficient (Wildman–Crippen LogP) is -0.387. The summed E-state index contributed by atoms with van der Waals surface area (Å²) in [7, 11) is 1.55. The predicted molar refractivity (Wildman–Crippen MR) is 60.0 cm³/mol. The summed E-state index contributed by atoms with van der Waals surface area (Å²) >= 11 is 0. The first-order chi connectivity index (χ1) is 7.67. The molecule has 0 aliphatic carbocycles. The molecule has 0 aliphatic rings. The molecule has 3 N–H and O–H groups in total. The zero-order valence-electron chi connectivity index (χ0n) is 9.30. The van der Waals surface area contributed by atoms with Crippen LogP contribution in [-0.4, -0.2) is 34.5 Å². The van der Waals surface area contributed by atoms with E-state index in [9.17, 15) is 4.79 Å². The van der Waals surface area contributed by atoms with Gasteiger partial charge in [-0.15, -0.1) is 0 Å². The van der Waals surface area contributed by atoms with Gasteiger partial charge in [-0.2, -0.15) is 4.98 Å². The van der Waals surface area contributed by atoms with Crippen molar-refractivity contribution in [1.82, 2.24) is 9.55 Å². The summed E-state index contributed by atoms with van der Waals surface area (Å²) in [4.78, 5) is 15.0. The number of aromatic nitrogens is 2. The normalized spacial score (nSPS) is 12.6. The summed E-state index contributed by atoms with van der Waals surface area (Å²) < 4.78 is 6.50. The zero-order chi connectivity index (χ0) is 12.0. The Labute approximate surface area is 93.7 Å². The van der Waals surface area contributed by atoms with E-state index in [4.69, 9.17) is 15.6 Å². The van der Waals surface area contributed by atoms with E-state index in [1.54, 1.807) is 19.4 Å². The van der Waals surface area contributed by atoms with Gasteiger partial charge in [0.1, 0.15) is 5.82 Å². The molecular weight excluding hydrogens is 210 g/mol. The van der Waals surface area contributed by atoms with E-state index in [1.165, 1.54) is 4.57 Å². The van der Waals surface area contributed by atoms with Crippen LogP contribution in [0.15, 0.2) is 17.1 Å². The topological polar surface area (TPSA) is 90.4 Å². The maximum absolute atomic E-state index is 11.3. The van der Waals surface area contributed by atoms with Crippen molar-refractivity contribution in [3.05, 3.63) is 22.7 Å². The average Bonchev–Trinajstić information content (AvgIpc) is 2.27. The van der Waals surface area contributed by atoms with Crippen LogP contribution in [0, 0.1) is 0 Å². The van der Waals surface area contributed by atoms with Gasteiger partial charge in [0.2, 0.25) is 0 Å². The monoisotopic (exact) mass is 227 g/mol. The Balaban J connectivity index is 2.46.